The summed E-state index contributed by atoms with van der Waals surface area (Å²) in [6, 6.07) is 15.5. The van der Waals surface area contributed by atoms with E-state index in [1.807, 2.05) is 6.92 Å². The highest BCUT2D eigenvalue weighted by atomic mass is 16.5. The highest BCUT2D eigenvalue weighted by Gasteiger charge is 2.31. The van der Waals surface area contributed by atoms with Crippen molar-refractivity contribution < 1.29 is 9.84 Å². The van der Waals surface area contributed by atoms with E-state index in [0.717, 1.165) is 19.5 Å². The lowest BCUT2D eigenvalue weighted by molar-refractivity contribution is -0.00245. The number of β-amino-alcohol motifs (C(OH)–C–C–N with tert-alkyl or cyclic N) is 1. The number of rotatable bonds is 4. The Bertz CT molecular complexity index is 713. The van der Waals surface area contributed by atoms with Crippen LogP contribution in [0.4, 0.5) is 0 Å². The molecule has 1 saturated heterocycles. The third kappa shape index (κ3) is 2.80. The smallest absolute Gasteiger partial charge is 0.0972 e. The molecule has 0 aromatic heterocycles. The fraction of sp³-hybridized carbons (Fsp3) is 0.400. The molecule has 1 heterocycles. The van der Waals surface area contributed by atoms with Crippen molar-refractivity contribution in [3.05, 3.63) is 59.2 Å². The van der Waals surface area contributed by atoms with Gasteiger partial charge in [0, 0.05) is 26.2 Å². The summed E-state index contributed by atoms with van der Waals surface area (Å²) in [6.45, 7) is 5.03. The van der Waals surface area contributed by atoms with E-state index in [4.69, 9.17) is 4.74 Å². The second-order valence-corrected chi connectivity index (χ2v) is 6.58. The number of fused-ring (bicyclic) bond motifs is 3. The van der Waals surface area contributed by atoms with E-state index in [1.54, 1.807) is 0 Å². The summed E-state index contributed by atoms with van der Waals surface area (Å²) < 4.78 is 5.61. The van der Waals surface area contributed by atoms with Crippen LogP contribution in [0, 0.1) is 0 Å². The zero-order valence-electron chi connectivity index (χ0n) is 13.5. The van der Waals surface area contributed by atoms with Gasteiger partial charge in [-0.2, -0.15) is 0 Å². The Morgan fingerprint density at radius 2 is 1.91 bits per heavy atom. The third-order valence-corrected chi connectivity index (χ3v) is 4.96. The van der Waals surface area contributed by atoms with Crippen molar-refractivity contribution >= 4 is 0 Å². The molecule has 3 nitrogen and oxygen atoms in total. The molecule has 0 spiro atoms. The van der Waals surface area contributed by atoms with Gasteiger partial charge in [0.05, 0.1) is 12.2 Å². The number of aliphatic hydroxyl groups excluding tert-OH is 1. The summed E-state index contributed by atoms with van der Waals surface area (Å²) in [4.78, 5) is 2.29. The average molecular weight is 309 g/mol. The molecule has 0 saturated carbocycles. The fourth-order valence-corrected chi connectivity index (χ4v) is 3.89. The van der Waals surface area contributed by atoms with Gasteiger partial charge in [-0.05, 0) is 41.2 Å². The van der Waals surface area contributed by atoms with Gasteiger partial charge in [-0.25, -0.2) is 0 Å². The van der Waals surface area contributed by atoms with Gasteiger partial charge < -0.3 is 9.84 Å². The molecule has 0 unspecified atom stereocenters. The summed E-state index contributed by atoms with van der Waals surface area (Å²) in [5, 5.41) is 10.1. The van der Waals surface area contributed by atoms with Crippen molar-refractivity contribution in [3.8, 4) is 11.1 Å². The first-order valence-electron chi connectivity index (χ1n) is 8.46. The van der Waals surface area contributed by atoms with Crippen LogP contribution in [-0.2, 0) is 17.7 Å². The molecule has 2 aliphatic rings. The minimum atomic E-state index is -0.367. The molecule has 2 atom stereocenters. The molecule has 2 aromatic rings. The van der Waals surface area contributed by atoms with Gasteiger partial charge in [-0.15, -0.1) is 0 Å². The Balaban J connectivity index is 1.49. The van der Waals surface area contributed by atoms with Crippen LogP contribution in [0.25, 0.3) is 11.1 Å². The zero-order chi connectivity index (χ0) is 15.8. The Kier molecular flexibility index (Phi) is 3.93. The van der Waals surface area contributed by atoms with E-state index in [-0.39, 0.29) is 12.2 Å². The van der Waals surface area contributed by atoms with Crippen LogP contribution in [0.1, 0.15) is 23.6 Å². The molecule has 1 N–H and O–H groups in total. The minimum absolute atomic E-state index is 0.0429. The molecule has 0 amide bonds. The van der Waals surface area contributed by atoms with Crippen molar-refractivity contribution in [2.75, 3.05) is 19.7 Å². The molecule has 23 heavy (non-hydrogen) atoms. The SMILES string of the molecule is CCO[C@@H]1CN(Cc2ccc3c(c2)Cc2ccccc2-3)C[C@H]1O. The summed E-state index contributed by atoms with van der Waals surface area (Å²) in [7, 11) is 0. The quantitative estimate of drug-likeness (QED) is 0.804. The number of hydrogen-bond donors (Lipinski definition) is 1. The van der Waals surface area contributed by atoms with Gasteiger partial charge in [0.2, 0.25) is 0 Å². The molecular weight excluding hydrogens is 286 g/mol. The first kappa shape index (κ1) is 14.9. The van der Waals surface area contributed by atoms with Crippen molar-refractivity contribution in [2.45, 2.75) is 32.1 Å². The number of aliphatic hydroxyl groups is 1. The molecule has 0 radical (unpaired) electrons. The summed E-state index contributed by atoms with van der Waals surface area (Å²) in [5.74, 6) is 0. The summed E-state index contributed by atoms with van der Waals surface area (Å²) in [5.41, 5.74) is 6.92. The van der Waals surface area contributed by atoms with Crippen LogP contribution in [0.3, 0.4) is 0 Å². The molecule has 4 rings (SSSR count). The monoisotopic (exact) mass is 309 g/mol. The van der Waals surface area contributed by atoms with Crippen LogP contribution in [0.15, 0.2) is 42.5 Å². The van der Waals surface area contributed by atoms with E-state index < -0.39 is 0 Å². The van der Waals surface area contributed by atoms with Crippen LogP contribution >= 0.6 is 0 Å². The number of benzene rings is 2. The van der Waals surface area contributed by atoms with Gasteiger partial charge in [0.1, 0.15) is 0 Å². The van der Waals surface area contributed by atoms with E-state index in [9.17, 15) is 5.11 Å². The Labute approximate surface area is 137 Å². The first-order valence-corrected chi connectivity index (χ1v) is 8.46. The summed E-state index contributed by atoms with van der Waals surface area (Å²) >= 11 is 0. The van der Waals surface area contributed by atoms with Crippen LogP contribution in [0.5, 0.6) is 0 Å². The Morgan fingerprint density at radius 1 is 1.09 bits per heavy atom. The van der Waals surface area contributed by atoms with Gasteiger partial charge in [0.15, 0.2) is 0 Å². The van der Waals surface area contributed by atoms with Crippen molar-refractivity contribution in [3.63, 3.8) is 0 Å². The molecule has 3 heteroatoms. The normalized spacial score (nSPS) is 23.0. The Hall–Kier alpha value is -1.68. The van der Waals surface area contributed by atoms with Gasteiger partial charge in [0.25, 0.3) is 0 Å². The van der Waals surface area contributed by atoms with Crippen molar-refractivity contribution in [2.24, 2.45) is 0 Å². The molecule has 1 aliphatic heterocycles. The lowest BCUT2D eigenvalue weighted by Gasteiger charge is -2.16. The fourth-order valence-electron chi connectivity index (χ4n) is 3.89. The number of likely N-dealkylation sites (tertiary alicyclic amines) is 1. The van der Waals surface area contributed by atoms with Gasteiger partial charge in [-0.3, -0.25) is 4.90 Å². The van der Waals surface area contributed by atoms with Crippen molar-refractivity contribution in [1.29, 1.82) is 0 Å². The lowest BCUT2D eigenvalue weighted by atomic mass is 10.0. The lowest BCUT2D eigenvalue weighted by Crippen LogP contribution is -2.26. The van der Waals surface area contributed by atoms with E-state index in [1.165, 1.54) is 27.8 Å². The first-order chi connectivity index (χ1) is 11.2. The Morgan fingerprint density at radius 3 is 2.78 bits per heavy atom. The van der Waals surface area contributed by atoms with Crippen molar-refractivity contribution in [1.82, 2.24) is 4.90 Å². The van der Waals surface area contributed by atoms with Crippen LogP contribution in [0.2, 0.25) is 0 Å². The molecule has 120 valence electrons. The maximum absolute atomic E-state index is 10.1. The largest absolute Gasteiger partial charge is 0.389 e. The highest BCUT2D eigenvalue weighted by molar-refractivity contribution is 5.76. The maximum Gasteiger partial charge on any atom is 0.0972 e. The molecule has 2 aromatic carbocycles. The van der Waals surface area contributed by atoms with Gasteiger partial charge >= 0.3 is 0 Å². The predicted molar refractivity (Wildman–Crippen MR) is 91.4 cm³/mol. The molecular formula is C20H23NO2. The molecule has 0 bridgehead atoms. The zero-order valence-corrected chi connectivity index (χ0v) is 13.5. The van der Waals surface area contributed by atoms with E-state index in [0.29, 0.717) is 13.2 Å². The maximum atomic E-state index is 10.1. The topological polar surface area (TPSA) is 32.7 Å². The third-order valence-electron chi connectivity index (χ3n) is 4.96. The highest BCUT2D eigenvalue weighted by Crippen LogP contribution is 2.36. The van der Waals surface area contributed by atoms with E-state index in [2.05, 4.69) is 47.4 Å². The summed E-state index contributed by atoms with van der Waals surface area (Å²) in [6.07, 6.45) is 0.621. The minimum Gasteiger partial charge on any atom is -0.389 e. The van der Waals surface area contributed by atoms with E-state index >= 15 is 0 Å². The number of hydrogen-bond acceptors (Lipinski definition) is 3. The standard InChI is InChI=1S/C20H23NO2/c1-2-23-20-13-21(12-19(20)22)11-14-7-8-18-16(9-14)10-15-5-3-4-6-17(15)18/h3-9,19-20,22H,2,10-13H2,1H3/t19-,20-/m1/s1. The van der Waals surface area contributed by atoms with Gasteiger partial charge in [-0.1, -0.05) is 42.5 Å². The molecule has 1 fully saturated rings. The second kappa shape index (κ2) is 6.08. The average Bonchev–Trinajstić information content (AvgIpc) is 3.08. The number of ether oxygens (including phenoxy) is 1. The molecule has 1 aliphatic carbocycles. The van der Waals surface area contributed by atoms with Crippen LogP contribution < -0.4 is 0 Å². The second-order valence-electron chi connectivity index (χ2n) is 6.58. The predicted octanol–water partition coefficient (Wildman–Crippen LogP) is 2.84. The number of nitrogens with zero attached hydrogens (tertiary/aromatic N) is 1. The van der Waals surface area contributed by atoms with Crippen LogP contribution in [-0.4, -0.2) is 41.9 Å².